The van der Waals surface area contributed by atoms with Crippen LogP contribution in [0.25, 0.3) is 0 Å². The number of nitrogens with two attached hydrogens (primary N) is 1. The monoisotopic (exact) mass is 268 g/mol. The molecule has 1 aliphatic carbocycles. The fourth-order valence-electron chi connectivity index (χ4n) is 3.22. The van der Waals surface area contributed by atoms with Crippen LogP contribution in [0.2, 0.25) is 0 Å². The van der Waals surface area contributed by atoms with E-state index in [1.807, 2.05) is 32.2 Å². The van der Waals surface area contributed by atoms with Crippen molar-refractivity contribution in [2.24, 2.45) is 5.84 Å². The van der Waals surface area contributed by atoms with E-state index in [1.54, 1.807) is 0 Å². The Bertz CT molecular complexity index is 624. The van der Waals surface area contributed by atoms with Crippen LogP contribution >= 0.6 is 0 Å². The number of nitrogens with zero attached hydrogens (tertiary/aromatic N) is 2. The van der Waals surface area contributed by atoms with Gasteiger partial charge >= 0.3 is 0 Å². The summed E-state index contributed by atoms with van der Waals surface area (Å²) in [6.45, 7) is 4.05. The summed E-state index contributed by atoms with van der Waals surface area (Å²) in [4.78, 5) is 9.12. The first kappa shape index (κ1) is 13.2. The van der Waals surface area contributed by atoms with Crippen molar-refractivity contribution in [3.63, 3.8) is 0 Å². The second kappa shape index (κ2) is 5.31. The number of pyridine rings is 2. The van der Waals surface area contributed by atoms with Gasteiger partial charge in [0.05, 0.1) is 6.04 Å². The van der Waals surface area contributed by atoms with Crippen molar-refractivity contribution in [1.29, 1.82) is 0 Å². The van der Waals surface area contributed by atoms with Crippen LogP contribution in [0.5, 0.6) is 0 Å². The van der Waals surface area contributed by atoms with E-state index < -0.39 is 0 Å². The van der Waals surface area contributed by atoms with Gasteiger partial charge in [0.25, 0.3) is 0 Å². The lowest BCUT2D eigenvalue weighted by Crippen LogP contribution is -2.33. The number of hydrogen-bond donors (Lipinski definition) is 2. The third kappa shape index (κ3) is 2.21. The highest BCUT2D eigenvalue weighted by molar-refractivity contribution is 5.35. The standard InChI is InChI=1S/C16H20N4/c1-10-5-7-13(11(2)19-10)16(20-17)14-8-6-12-4-3-9-18-15(12)14/h3-5,7,9,14,16,20H,6,8,17H2,1-2H3. The number of hydrogen-bond acceptors (Lipinski definition) is 4. The second-order valence-electron chi connectivity index (χ2n) is 5.46. The first-order valence-electron chi connectivity index (χ1n) is 7.04. The lowest BCUT2D eigenvalue weighted by molar-refractivity contribution is 0.444. The summed E-state index contributed by atoms with van der Waals surface area (Å²) in [6, 6.07) is 8.41. The van der Waals surface area contributed by atoms with Gasteiger partial charge in [-0.3, -0.25) is 21.2 Å². The van der Waals surface area contributed by atoms with Crippen molar-refractivity contribution in [2.75, 3.05) is 0 Å². The zero-order valence-corrected chi connectivity index (χ0v) is 11.9. The van der Waals surface area contributed by atoms with E-state index in [2.05, 4.69) is 27.5 Å². The lowest BCUT2D eigenvalue weighted by Gasteiger charge is -2.24. The fourth-order valence-corrected chi connectivity index (χ4v) is 3.22. The van der Waals surface area contributed by atoms with Crippen molar-refractivity contribution < 1.29 is 0 Å². The molecule has 0 saturated carbocycles. The van der Waals surface area contributed by atoms with Crippen molar-refractivity contribution >= 4 is 0 Å². The molecular weight excluding hydrogens is 248 g/mol. The predicted molar refractivity (Wildman–Crippen MR) is 79.1 cm³/mol. The van der Waals surface area contributed by atoms with Gasteiger partial charge < -0.3 is 0 Å². The maximum absolute atomic E-state index is 5.84. The number of nitrogens with one attached hydrogen (secondary N) is 1. The van der Waals surface area contributed by atoms with Crippen molar-refractivity contribution in [3.05, 3.63) is 58.7 Å². The van der Waals surface area contributed by atoms with Gasteiger partial charge in [-0.15, -0.1) is 0 Å². The molecule has 0 bridgehead atoms. The highest BCUT2D eigenvalue weighted by Gasteiger charge is 2.32. The fraction of sp³-hybridized carbons (Fsp3) is 0.375. The molecule has 0 fully saturated rings. The third-order valence-corrected chi connectivity index (χ3v) is 4.18. The second-order valence-corrected chi connectivity index (χ2v) is 5.46. The van der Waals surface area contributed by atoms with E-state index >= 15 is 0 Å². The molecule has 2 atom stereocenters. The Morgan fingerprint density at radius 1 is 1.30 bits per heavy atom. The first-order valence-corrected chi connectivity index (χ1v) is 7.04. The van der Waals surface area contributed by atoms with Crippen LogP contribution in [0.4, 0.5) is 0 Å². The molecule has 0 radical (unpaired) electrons. The highest BCUT2D eigenvalue weighted by atomic mass is 15.2. The normalized spacial score (nSPS) is 18.9. The first-order chi connectivity index (χ1) is 9.70. The van der Waals surface area contributed by atoms with Crippen LogP contribution in [0.15, 0.2) is 30.5 Å². The smallest absolute Gasteiger partial charge is 0.0561 e. The van der Waals surface area contributed by atoms with E-state index in [-0.39, 0.29) is 6.04 Å². The zero-order chi connectivity index (χ0) is 14.1. The Morgan fingerprint density at radius 2 is 2.15 bits per heavy atom. The molecule has 2 aromatic heterocycles. The van der Waals surface area contributed by atoms with Gasteiger partial charge in [0.15, 0.2) is 0 Å². The van der Waals surface area contributed by atoms with Gasteiger partial charge in [0.2, 0.25) is 0 Å². The summed E-state index contributed by atoms with van der Waals surface area (Å²) >= 11 is 0. The number of hydrazine groups is 1. The average Bonchev–Trinajstić information content (AvgIpc) is 2.86. The molecule has 20 heavy (non-hydrogen) atoms. The number of rotatable bonds is 3. The van der Waals surface area contributed by atoms with Crippen LogP contribution in [-0.4, -0.2) is 9.97 Å². The van der Waals surface area contributed by atoms with Crippen LogP contribution in [0.1, 0.15) is 46.6 Å². The topological polar surface area (TPSA) is 63.8 Å². The Morgan fingerprint density at radius 3 is 2.90 bits per heavy atom. The molecule has 0 spiro atoms. The molecule has 2 heterocycles. The molecule has 0 aromatic carbocycles. The molecular formula is C16H20N4. The van der Waals surface area contributed by atoms with Crippen LogP contribution in [0, 0.1) is 13.8 Å². The van der Waals surface area contributed by atoms with Crippen LogP contribution in [-0.2, 0) is 6.42 Å². The number of aromatic nitrogens is 2. The van der Waals surface area contributed by atoms with Crippen molar-refractivity contribution in [3.8, 4) is 0 Å². The molecule has 0 saturated heterocycles. The molecule has 0 amide bonds. The Kier molecular flexibility index (Phi) is 3.51. The predicted octanol–water partition coefficient (Wildman–Crippen LogP) is 2.33. The van der Waals surface area contributed by atoms with Gasteiger partial charge in [0, 0.05) is 29.2 Å². The van der Waals surface area contributed by atoms with Gasteiger partial charge in [0.1, 0.15) is 0 Å². The van der Waals surface area contributed by atoms with E-state index in [9.17, 15) is 0 Å². The Labute approximate surface area is 119 Å². The summed E-state index contributed by atoms with van der Waals surface area (Å²) < 4.78 is 0. The van der Waals surface area contributed by atoms with E-state index in [0.717, 1.165) is 24.2 Å². The quantitative estimate of drug-likeness (QED) is 0.662. The molecule has 2 aromatic rings. The molecule has 104 valence electrons. The summed E-state index contributed by atoms with van der Waals surface area (Å²) in [5.74, 6) is 6.16. The van der Waals surface area contributed by atoms with Crippen LogP contribution in [0.3, 0.4) is 0 Å². The summed E-state index contributed by atoms with van der Waals surface area (Å²) in [6.07, 6.45) is 4.02. The van der Waals surface area contributed by atoms with Gasteiger partial charge in [-0.2, -0.15) is 0 Å². The Hall–Kier alpha value is -1.78. The zero-order valence-electron chi connectivity index (χ0n) is 11.9. The molecule has 4 heteroatoms. The molecule has 1 aliphatic rings. The minimum atomic E-state index is 0.0687. The molecule has 4 nitrogen and oxygen atoms in total. The van der Waals surface area contributed by atoms with E-state index in [0.29, 0.717) is 5.92 Å². The van der Waals surface area contributed by atoms with E-state index in [4.69, 9.17) is 5.84 Å². The molecule has 3 N–H and O–H groups in total. The maximum Gasteiger partial charge on any atom is 0.0561 e. The summed E-state index contributed by atoms with van der Waals surface area (Å²) in [5, 5.41) is 0. The lowest BCUT2D eigenvalue weighted by atomic mass is 9.90. The molecule has 0 aliphatic heterocycles. The largest absolute Gasteiger partial charge is 0.271 e. The SMILES string of the molecule is Cc1ccc(C(NN)C2CCc3cccnc32)c(C)n1. The van der Waals surface area contributed by atoms with Crippen molar-refractivity contribution in [2.45, 2.75) is 38.6 Å². The summed E-state index contributed by atoms with van der Waals surface area (Å²) in [7, 11) is 0. The highest BCUT2D eigenvalue weighted by Crippen LogP contribution is 2.40. The molecule has 2 unspecified atom stereocenters. The van der Waals surface area contributed by atoms with Crippen LogP contribution < -0.4 is 11.3 Å². The van der Waals surface area contributed by atoms with E-state index in [1.165, 1.54) is 16.8 Å². The van der Waals surface area contributed by atoms with Gasteiger partial charge in [-0.1, -0.05) is 12.1 Å². The maximum atomic E-state index is 5.84. The van der Waals surface area contributed by atoms with Crippen molar-refractivity contribution in [1.82, 2.24) is 15.4 Å². The minimum Gasteiger partial charge on any atom is -0.271 e. The van der Waals surface area contributed by atoms with Gasteiger partial charge in [-0.25, -0.2) is 0 Å². The minimum absolute atomic E-state index is 0.0687. The third-order valence-electron chi connectivity index (χ3n) is 4.18. The summed E-state index contributed by atoms with van der Waals surface area (Å²) in [5.41, 5.74) is 8.74. The Balaban J connectivity index is 1.99. The molecule has 3 rings (SSSR count). The number of aryl methyl sites for hydroxylation is 3. The average molecular weight is 268 g/mol. The van der Waals surface area contributed by atoms with Gasteiger partial charge in [-0.05, 0) is 49.9 Å². The number of fused-ring (bicyclic) bond motifs is 1.